The molecule has 6 nitrogen and oxygen atoms in total. The van der Waals surface area contributed by atoms with E-state index < -0.39 is 0 Å². The van der Waals surface area contributed by atoms with Gasteiger partial charge in [-0.2, -0.15) is 5.26 Å². The van der Waals surface area contributed by atoms with Crippen LogP contribution in [0.15, 0.2) is 61.1 Å². The fraction of sp³-hybridized carbons (Fsp3) is 0.238. The molecule has 6 heteroatoms. The summed E-state index contributed by atoms with van der Waals surface area (Å²) in [6.07, 6.45) is 7.62. The third kappa shape index (κ3) is 4.10. The molecule has 1 atom stereocenters. The van der Waals surface area contributed by atoms with Gasteiger partial charge in [0.2, 0.25) is 0 Å². The van der Waals surface area contributed by atoms with Crippen LogP contribution in [0.5, 0.6) is 0 Å². The third-order valence-electron chi connectivity index (χ3n) is 4.76. The molecule has 1 N–H and O–H groups in total. The van der Waals surface area contributed by atoms with Gasteiger partial charge in [0.05, 0.1) is 23.6 Å². The Hall–Kier alpha value is -3.30. The summed E-state index contributed by atoms with van der Waals surface area (Å²) in [6.45, 7) is 1.98. The van der Waals surface area contributed by atoms with Crippen LogP contribution >= 0.6 is 0 Å². The van der Waals surface area contributed by atoms with Crippen LogP contribution in [0.1, 0.15) is 35.8 Å². The van der Waals surface area contributed by atoms with Gasteiger partial charge in [0.15, 0.2) is 0 Å². The molecule has 3 aromatic heterocycles. The molecule has 0 amide bonds. The van der Waals surface area contributed by atoms with Gasteiger partial charge in [-0.25, -0.2) is 9.97 Å². The summed E-state index contributed by atoms with van der Waals surface area (Å²) in [5.41, 5.74) is 3.57. The normalized spacial score (nSPS) is 16.8. The third-order valence-corrected chi connectivity index (χ3v) is 4.76. The van der Waals surface area contributed by atoms with E-state index in [2.05, 4.69) is 38.4 Å². The summed E-state index contributed by atoms with van der Waals surface area (Å²) in [7, 11) is 0. The molecule has 0 spiro atoms. The van der Waals surface area contributed by atoms with Crippen LogP contribution in [-0.4, -0.2) is 26.4 Å². The van der Waals surface area contributed by atoms with Gasteiger partial charge in [-0.15, -0.1) is 0 Å². The highest BCUT2D eigenvalue weighted by atomic mass is 15.2. The highest BCUT2D eigenvalue weighted by Gasteiger charge is 2.27. The van der Waals surface area contributed by atoms with E-state index in [0.717, 1.165) is 36.7 Å². The van der Waals surface area contributed by atoms with Crippen molar-refractivity contribution in [3.05, 3.63) is 78.0 Å². The second kappa shape index (κ2) is 7.94. The second-order valence-corrected chi connectivity index (χ2v) is 6.60. The first-order valence-corrected chi connectivity index (χ1v) is 9.05. The van der Waals surface area contributed by atoms with Gasteiger partial charge in [-0.05, 0) is 61.3 Å². The molecule has 0 bridgehead atoms. The predicted molar refractivity (Wildman–Crippen MR) is 103 cm³/mol. The van der Waals surface area contributed by atoms with Crippen LogP contribution in [0.4, 0.5) is 11.5 Å². The van der Waals surface area contributed by atoms with Crippen LogP contribution in [0.25, 0.3) is 0 Å². The van der Waals surface area contributed by atoms with E-state index in [0.29, 0.717) is 11.7 Å². The average molecular weight is 356 g/mol. The van der Waals surface area contributed by atoms with E-state index in [-0.39, 0.29) is 0 Å². The lowest BCUT2D eigenvalue weighted by Gasteiger charge is -2.24. The Kier molecular flexibility index (Phi) is 5.04. The van der Waals surface area contributed by atoms with E-state index in [1.807, 2.05) is 36.7 Å². The molecule has 1 aliphatic rings. The summed E-state index contributed by atoms with van der Waals surface area (Å²) < 4.78 is 0. The van der Waals surface area contributed by atoms with Crippen LogP contribution < -0.4 is 5.32 Å². The minimum atomic E-state index is 0.319. The van der Waals surface area contributed by atoms with Crippen molar-refractivity contribution in [1.29, 1.82) is 5.26 Å². The summed E-state index contributed by atoms with van der Waals surface area (Å²) in [5.74, 6) is 0.787. The fourth-order valence-corrected chi connectivity index (χ4v) is 3.46. The molecule has 4 rings (SSSR count). The Balaban J connectivity index is 1.50. The molecule has 1 fully saturated rings. The lowest BCUT2D eigenvalue weighted by atomic mass is 10.1. The number of hydrogen-bond donors (Lipinski definition) is 1. The highest BCUT2D eigenvalue weighted by molar-refractivity contribution is 5.55. The molecule has 1 saturated heterocycles. The van der Waals surface area contributed by atoms with Crippen molar-refractivity contribution in [2.24, 2.45) is 0 Å². The van der Waals surface area contributed by atoms with Crippen molar-refractivity contribution in [3.8, 4) is 6.07 Å². The second-order valence-electron chi connectivity index (χ2n) is 6.60. The predicted octanol–water partition coefficient (Wildman–Crippen LogP) is 3.82. The van der Waals surface area contributed by atoms with Gasteiger partial charge in [0, 0.05) is 18.9 Å². The van der Waals surface area contributed by atoms with Crippen molar-refractivity contribution in [2.45, 2.75) is 25.4 Å². The van der Waals surface area contributed by atoms with Gasteiger partial charge in [-0.1, -0.05) is 6.07 Å². The van der Waals surface area contributed by atoms with E-state index >= 15 is 0 Å². The van der Waals surface area contributed by atoms with E-state index in [9.17, 15) is 0 Å². The average Bonchev–Trinajstić information content (AvgIpc) is 3.18. The highest BCUT2D eigenvalue weighted by Crippen LogP contribution is 2.32. The van der Waals surface area contributed by atoms with Gasteiger partial charge < -0.3 is 5.32 Å². The number of nitriles is 1. The molecule has 1 aliphatic heterocycles. The molecule has 0 aliphatic carbocycles. The minimum absolute atomic E-state index is 0.319. The Morgan fingerprint density at radius 2 is 2.04 bits per heavy atom. The standard InChI is InChI=1S/C21H20N6/c22-13-17-6-7-18(14-24-17)25-21-5-1-3-19(26-21)20-4-2-12-27(20)15-16-8-10-23-11-9-16/h1,3,5-11,14,20H,2,4,12,15H2,(H,25,26). The largest absolute Gasteiger partial charge is 0.339 e. The summed E-state index contributed by atoms with van der Waals surface area (Å²) in [5, 5.41) is 12.1. The van der Waals surface area contributed by atoms with Crippen molar-refractivity contribution in [3.63, 3.8) is 0 Å². The first kappa shape index (κ1) is 17.1. The van der Waals surface area contributed by atoms with Gasteiger partial charge in [0.1, 0.15) is 17.6 Å². The van der Waals surface area contributed by atoms with Gasteiger partial charge >= 0.3 is 0 Å². The Morgan fingerprint density at radius 1 is 1.15 bits per heavy atom. The molecule has 0 saturated carbocycles. The minimum Gasteiger partial charge on any atom is -0.339 e. The summed E-state index contributed by atoms with van der Waals surface area (Å²) >= 11 is 0. The number of anilines is 2. The quantitative estimate of drug-likeness (QED) is 0.749. The van der Waals surface area contributed by atoms with Crippen LogP contribution in [0, 0.1) is 11.3 Å². The molecule has 0 aromatic carbocycles. The van der Waals surface area contributed by atoms with Crippen molar-refractivity contribution in [1.82, 2.24) is 19.9 Å². The molecular weight excluding hydrogens is 336 g/mol. The summed E-state index contributed by atoms with van der Waals surface area (Å²) in [6, 6.07) is 16.1. The maximum Gasteiger partial charge on any atom is 0.140 e. The monoisotopic (exact) mass is 356 g/mol. The zero-order chi connectivity index (χ0) is 18.5. The van der Waals surface area contributed by atoms with E-state index in [4.69, 9.17) is 10.2 Å². The number of nitrogens with zero attached hydrogens (tertiary/aromatic N) is 5. The molecule has 3 aromatic rings. The number of nitrogens with one attached hydrogen (secondary N) is 1. The summed E-state index contributed by atoms with van der Waals surface area (Å²) in [4.78, 5) is 15.5. The lowest BCUT2D eigenvalue weighted by molar-refractivity contribution is 0.244. The van der Waals surface area contributed by atoms with Gasteiger partial charge in [-0.3, -0.25) is 9.88 Å². The van der Waals surface area contributed by atoms with Crippen molar-refractivity contribution in [2.75, 3.05) is 11.9 Å². The van der Waals surface area contributed by atoms with Gasteiger partial charge in [0.25, 0.3) is 0 Å². The maximum absolute atomic E-state index is 8.85. The molecule has 0 radical (unpaired) electrons. The Labute approximate surface area is 158 Å². The topological polar surface area (TPSA) is 77.7 Å². The number of likely N-dealkylation sites (tertiary alicyclic amines) is 1. The maximum atomic E-state index is 8.85. The van der Waals surface area contributed by atoms with E-state index in [1.54, 1.807) is 12.3 Å². The molecule has 134 valence electrons. The number of aromatic nitrogens is 3. The fourth-order valence-electron chi connectivity index (χ4n) is 3.46. The number of pyridine rings is 3. The first-order valence-electron chi connectivity index (χ1n) is 9.05. The first-order chi connectivity index (χ1) is 13.3. The lowest BCUT2D eigenvalue weighted by Crippen LogP contribution is -2.23. The smallest absolute Gasteiger partial charge is 0.140 e. The Morgan fingerprint density at radius 3 is 2.81 bits per heavy atom. The van der Waals surface area contributed by atoms with E-state index in [1.165, 1.54) is 12.0 Å². The number of hydrogen-bond acceptors (Lipinski definition) is 6. The molecular formula is C21H20N6. The molecule has 27 heavy (non-hydrogen) atoms. The Bertz CT molecular complexity index is 933. The van der Waals surface area contributed by atoms with Crippen molar-refractivity contribution >= 4 is 11.5 Å². The molecule has 1 unspecified atom stereocenters. The zero-order valence-corrected chi connectivity index (χ0v) is 14.9. The van der Waals surface area contributed by atoms with Crippen molar-refractivity contribution < 1.29 is 0 Å². The van der Waals surface area contributed by atoms with Crippen LogP contribution in [-0.2, 0) is 6.54 Å². The van der Waals surface area contributed by atoms with Crippen LogP contribution in [0.2, 0.25) is 0 Å². The zero-order valence-electron chi connectivity index (χ0n) is 14.9. The molecule has 4 heterocycles. The number of rotatable bonds is 5. The SMILES string of the molecule is N#Cc1ccc(Nc2cccc(C3CCCN3Cc3ccncc3)n2)cn1. The van der Waals surface area contributed by atoms with Crippen LogP contribution in [0.3, 0.4) is 0 Å².